The van der Waals surface area contributed by atoms with Gasteiger partial charge in [-0.3, -0.25) is 0 Å². The summed E-state index contributed by atoms with van der Waals surface area (Å²) in [6, 6.07) is 7.23. The molecule has 5 nitrogen and oxygen atoms in total. The summed E-state index contributed by atoms with van der Waals surface area (Å²) in [6.07, 6.45) is 0. The van der Waals surface area contributed by atoms with Crippen molar-refractivity contribution in [3.05, 3.63) is 30.3 Å². The van der Waals surface area contributed by atoms with Gasteiger partial charge in [-0.15, -0.1) is 0 Å². The molecule has 0 amide bonds. The Morgan fingerprint density at radius 3 is 1.67 bits per heavy atom. The molecule has 85 valence electrons. The zero-order valence-electron chi connectivity index (χ0n) is 7.75. The maximum Gasteiger partial charge on any atom is 2.00 e. The summed E-state index contributed by atoms with van der Waals surface area (Å²) in [5.41, 5.74) is 0. The second-order valence-corrected chi connectivity index (χ2v) is 3.79. The van der Waals surface area contributed by atoms with Crippen LogP contribution in [0.15, 0.2) is 30.3 Å². The Morgan fingerprint density at radius 2 is 1.47 bits per heavy atom. The number of benzene rings is 1. The molecule has 1 aromatic rings. The summed E-state index contributed by atoms with van der Waals surface area (Å²) in [7, 11) is -4.52. The summed E-state index contributed by atoms with van der Waals surface area (Å²) < 4.78 is 10.3. The van der Waals surface area contributed by atoms with Crippen molar-refractivity contribution in [2.24, 2.45) is 0 Å². The van der Waals surface area contributed by atoms with Crippen LogP contribution in [0.4, 0.5) is 0 Å². The number of aliphatic hydroxyl groups is 2. The van der Waals surface area contributed by atoms with E-state index in [1.807, 2.05) is 0 Å². The molecule has 0 spiro atoms. The molecule has 1 radical (unpaired) electrons. The molecule has 7 heteroatoms. The van der Waals surface area contributed by atoms with Crippen molar-refractivity contribution in [1.82, 2.24) is 0 Å². The minimum absolute atomic E-state index is 0. The molecule has 0 saturated carbocycles. The van der Waals surface area contributed by atoms with E-state index in [4.69, 9.17) is 10.2 Å². The summed E-state index contributed by atoms with van der Waals surface area (Å²) in [5, 5.41) is 15.1. The minimum Gasteiger partial charge on any atom is -0.807 e. The molecule has 1 rings (SSSR count). The second kappa shape index (κ2) is 9.07. The molecule has 0 aliphatic heterocycles. The van der Waals surface area contributed by atoms with Crippen LogP contribution in [0.25, 0.3) is 0 Å². The van der Waals surface area contributed by atoms with Crippen molar-refractivity contribution in [3.63, 3.8) is 0 Å². The van der Waals surface area contributed by atoms with Crippen LogP contribution in [0, 0.1) is 0 Å². The minimum atomic E-state index is -4.52. The van der Waals surface area contributed by atoms with Gasteiger partial charge in [-0.05, 0) is 12.9 Å². The maximum absolute atomic E-state index is 10.3. The van der Waals surface area contributed by atoms with Crippen molar-refractivity contribution >= 4 is 12.9 Å². The Bertz CT molecular complexity index is 284. The SMILES string of the molecule is O=P([O-])([O-])c1ccccc1.OCCO.[Mn+2]. The van der Waals surface area contributed by atoms with Crippen molar-refractivity contribution in [3.8, 4) is 0 Å². The molecule has 2 N–H and O–H groups in total. The molecule has 15 heavy (non-hydrogen) atoms. The summed E-state index contributed by atoms with van der Waals surface area (Å²) >= 11 is 0. The van der Waals surface area contributed by atoms with E-state index < -0.39 is 7.60 Å². The smallest absolute Gasteiger partial charge is 0.807 e. The van der Waals surface area contributed by atoms with E-state index in [2.05, 4.69) is 0 Å². The normalized spacial score (nSPS) is 9.60. The maximum atomic E-state index is 10.3. The van der Waals surface area contributed by atoms with Gasteiger partial charge in [0, 0.05) is 0 Å². The average Bonchev–Trinajstić information content (AvgIpc) is 2.18. The topological polar surface area (TPSA) is 104 Å². The van der Waals surface area contributed by atoms with E-state index in [1.165, 1.54) is 24.3 Å². The third kappa shape index (κ3) is 8.78. The number of hydrogen-bond acceptors (Lipinski definition) is 5. The van der Waals surface area contributed by atoms with E-state index in [0.29, 0.717) is 0 Å². The van der Waals surface area contributed by atoms with Gasteiger partial charge < -0.3 is 24.6 Å². The fourth-order valence-corrected chi connectivity index (χ4v) is 1.15. The van der Waals surface area contributed by atoms with Crippen LogP contribution in [0.5, 0.6) is 0 Å². The van der Waals surface area contributed by atoms with Gasteiger partial charge in [0.2, 0.25) is 0 Å². The fourth-order valence-electron chi connectivity index (χ4n) is 0.611. The molecule has 0 aliphatic carbocycles. The molecule has 0 heterocycles. The predicted molar refractivity (Wildman–Crippen MR) is 47.9 cm³/mol. The fraction of sp³-hybridized carbons (Fsp3) is 0.250. The Kier molecular flexibility index (Phi) is 10.4. The molecule has 0 bridgehead atoms. The Morgan fingerprint density at radius 1 is 1.07 bits per heavy atom. The van der Waals surface area contributed by atoms with Crippen LogP contribution >= 0.6 is 7.60 Å². The first-order chi connectivity index (χ1) is 6.52. The summed E-state index contributed by atoms with van der Waals surface area (Å²) in [6.45, 7) is -0.250. The van der Waals surface area contributed by atoms with Crippen molar-refractivity contribution < 1.29 is 41.6 Å². The average molecular weight is 273 g/mol. The third-order valence-corrected chi connectivity index (χ3v) is 2.10. The van der Waals surface area contributed by atoms with Crippen LogP contribution in [0.2, 0.25) is 0 Å². The largest absolute Gasteiger partial charge is 2.00 e. The van der Waals surface area contributed by atoms with Gasteiger partial charge in [0.1, 0.15) is 0 Å². The molecule has 0 aromatic heterocycles. The summed E-state index contributed by atoms with van der Waals surface area (Å²) in [4.78, 5) is 20.6. The Hall–Kier alpha value is -0.191. The van der Waals surface area contributed by atoms with Gasteiger partial charge in [0.25, 0.3) is 0 Å². The standard InChI is InChI=1S/C6H7O3P.C2H6O2.Mn/c7-10(8,9)6-4-2-1-3-5-6;3-1-2-4;/h1-5H,(H2,7,8,9);3-4H,1-2H2;/q;;+2/p-2. The van der Waals surface area contributed by atoms with Crippen molar-refractivity contribution in [1.29, 1.82) is 0 Å². The van der Waals surface area contributed by atoms with E-state index in [9.17, 15) is 14.4 Å². The van der Waals surface area contributed by atoms with Crippen LogP contribution in [0.3, 0.4) is 0 Å². The van der Waals surface area contributed by atoms with Gasteiger partial charge in [0.05, 0.1) is 13.2 Å². The predicted octanol–water partition coefficient (Wildman–Crippen LogP) is -1.81. The molecule has 1 aromatic carbocycles. The molecule has 0 fully saturated rings. The van der Waals surface area contributed by atoms with E-state index in [-0.39, 0.29) is 35.6 Å². The zero-order valence-corrected chi connectivity index (χ0v) is 9.82. The van der Waals surface area contributed by atoms with Crippen LogP contribution < -0.4 is 15.1 Å². The van der Waals surface area contributed by atoms with Crippen molar-refractivity contribution in [2.45, 2.75) is 0 Å². The quantitative estimate of drug-likeness (QED) is 0.488. The van der Waals surface area contributed by atoms with E-state index in [1.54, 1.807) is 6.07 Å². The molecular formula is C8H11MnO5P. The van der Waals surface area contributed by atoms with Crippen LogP contribution in [-0.4, -0.2) is 23.4 Å². The monoisotopic (exact) mass is 273 g/mol. The molecule has 0 atom stereocenters. The van der Waals surface area contributed by atoms with Crippen LogP contribution in [0.1, 0.15) is 0 Å². The Balaban J connectivity index is 0. The Labute approximate surface area is 98.4 Å². The number of rotatable bonds is 2. The third-order valence-electron chi connectivity index (χ3n) is 1.17. The van der Waals surface area contributed by atoms with Gasteiger partial charge in [0.15, 0.2) is 0 Å². The van der Waals surface area contributed by atoms with Gasteiger partial charge in [-0.25, -0.2) is 0 Å². The van der Waals surface area contributed by atoms with E-state index >= 15 is 0 Å². The van der Waals surface area contributed by atoms with Crippen molar-refractivity contribution in [2.75, 3.05) is 13.2 Å². The molecule has 0 aliphatic rings. The first-order valence-electron chi connectivity index (χ1n) is 3.81. The van der Waals surface area contributed by atoms with Gasteiger partial charge >= 0.3 is 17.1 Å². The van der Waals surface area contributed by atoms with E-state index in [0.717, 1.165) is 0 Å². The summed E-state index contributed by atoms with van der Waals surface area (Å²) in [5.74, 6) is 0. The first-order valence-corrected chi connectivity index (χ1v) is 5.36. The molecule has 0 saturated heterocycles. The number of aliphatic hydroxyl groups excluding tert-OH is 2. The second-order valence-electron chi connectivity index (χ2n) is 2.28. The van der Waals surface area contributed by atoms with Crippen LogP contribution in [-0.2, 0) is 21.6 Å². The molecular weight excluding hydrogens is 262 g/mol. The first kappa shape index (κ1) is 17.2. The van der Waals surface area contributed by atoms with Gasteiger partial charge in [-0.1, -0.05) is 30.3 Å². The zero-order chi connectivity index (χ0) is 11.0. The molecule has 0 unspecified atom stereocenters. The van der Waals surface area contributed by atoms with Gasteiger partial charge in [-0.2, -0.15) is 0 Å². The number of hydrogen-bond donors (Lipinski definition) is 2.